The van der Waals surface area contributed by atoms with Gasteiger partial charge in [-0.3, -0.25) is 4.90 Å². The van der Waals surface area contributed by atoms with Crippen molar-refractivity contribution in [2.45, 2.75) is 13.5 Å². The van der Waals surface area contributed by atoms with Gasteiger partial charge in [0.2, 0.25) is 0 Å². The summed E-state index contributed by atoms with van der Waals surface area (Å²) in [4.78, 5) is 5.02. The Bertz CT molecular complexity index is 875. The van der Waals surface area contributed by atoms with E-state index in [-0.39, 0.29) is 0 Å². The molecule has 128 valence electrons. The molecule has 2 fully saturated rings. The van der Waals surface area contributed by atoms with Crippen LogP contribution < -0.4 is 4.90 Å². The summed E-state index contributed by atoms with van der Waals surface area (Å²) in [6.45, 7) is 7.56. The van der Waals surface area contributed by atoms with Crippen LogP contribution in [0.5, 0.6) is 0 Å². The standard InChI is InChI=1S/C19H22N6/c1-14-20-21-18-7-8-19(22-25(14)18)24-12-16-10-23(11-17(16)13-24)9-15-5-3-2-4-6-15/h2-8,16-17H,9-13H2,1H3. The van der Waals surface area contributed by atoms with Crippen molar-refractivity contribution in [3.05, 3.63) is 53.9 Å². The van der Waals surface area contributed by atoms with Crippen molar-refractivity contribution in [2.75, 3.05) is 31.1 Å². The number of rotatable bonds is 3. The van der Waals surface area contributed by atoms with E-state index in [2.05, 4.69) is 56.4 Å². The molecule has 0 spiro atoms. The average Bonchev–Trinajstić information content (AvgIpc) is 3.29. The van der Waals surface area contributed by atoms with Crippen LogP contribution >= 0.6 is 0 Å². The molecule has 0 radical (unpaired) electrons. The fourth-order valence-corrected chi connectivity index (χ4v) is 4.30. The SMILES string of the molecule is Cc1nnc2ccc(N3CC4CN(Cc5ccccc5)CC4C3)nn12. The molecule has 0 amide bonds. The van der Waals surface area contributed by atoms with E-state index in [9.17, 15) is 0 Å². The normalized spacial score (nSPS) is 23.5. The van der Waals surface area contributed by atoms with Crippen LogP contribution in [0.3, 0.4) is 0 Å². The van der Waals surface area contributed by atoms with Gasteiger partial charge in [0.25, 0.3) is 0 Å². The van der Waals surface area contributed by atoms with Crippen LogP contribution in [0.25, 0.3) is 5.65 Å². The van der Waals surface area contributed by atoms with Crippen molar-refractivity contribution in [1.82, 2.24) is 24.7 Å². The van der Waals surface area contributed by atoms with Gasteiger partial charge in [-0.25, -0.2) is 0 Å². The summed E-state index contributed by atoms with van der Waals surface area (Å²) in [6.07, 6.45) is 0. The molecule has 2 saturated heterocycles. The zero-order valence-electron chi connectivity index (χ0n) is 14.4. The van der Waals surface area contributed by atoms with Crippen LogP contribution in [0.4, 0.5) is 5.82 Å². The van der Waals surface area contributed by atoms with Gasteiger partial charge >= 0.3 is 0 Å². The second kappa shape index (κ2) is 5.81. The first-order valence-corrected chi connectivity index (χ1v) is 8.96. The summed E-state index contributed by atoms with van der Waals surface area (Å²) < 4.78 is 1.84. The number of likely N-dealkylation sites (tertiary alicyclic amines) is 1. The highest BCUT2D eigenvalue weighted by atomic mass is 15.4. The first kappa shape index (κ1) is 14.8. The molecule has 0 bridgehead atoms. The van der Waals surface area contributed by atoms with Gasteiger partial charge in [-0.1, -0.05) is 30.3 Å². The van der Waals surface area contributed by atoms with E-state index in [4.69, 9.17) is 5.10 Å². The number of fused-ring (bicyclic) bond motifs is 2. The molecular formula is C19H22N6. The van der Waals surface area contributed by atoms with Gasteiger partial charge in [0.05, 0.1) is 0 Å². The maximum absolute atomic E-state index is 4.73. The molecule has 6 nitrogen and oxygen atoms in total. The molecule has 4 heterocycles. The third-order valence-corrected chi connectivity index (χ3v) is 5.54. The summed E-state index contributed by atoms with van der Waals surface area (Å²) in [5, 5.41) is 12.9. The maximum atomic E-state index is 4.73. The van der Waals surface area contributed by atoms with Crippen LogP contribution in [0, 0.1) is 18.8 Å². The minimum atomic E-state index is 0.739. The second-order valence-corrected chi connectivity index (χ2v) is 7.31. The van der Waals surface area contributed by atoms with Gasteiger partial charge in [0.1, 0.15) is 5.82 Å². The molecule has 2 aliphatic rings. The van der Waals surface area contributed by atoms with Gasteiger partial charge in [-0.2, -0.15) is 4.52 Å². The van der Waals surface area contributed by atoms with Gasteiger partial charge in [0.15, 0.2) is 11.5 Å². The van der Waals surface area contributed by atoms with Crippen LogP contribution in [-0.4, -0.2) is 50.9 Å². The topological polar surface area (TPSA) is 49.6 Å². The van der Waals surface area contributed by atoms with Crippen LogP contribution in [-0.2, 0) is 6.54 Å². The number of aryl methyl sites for hydroxylation is 1. The Morgan fingerprint density at radius 3 is 2.44 bits per heavy atom. The highest BCUT2D eigenvalue weighted by Crippen LogP contribution is 2.33. The molecule has 0 saturated carbocycles. The zero-order valence-corrected chi connectivity index (χ0v) is 14.4. The number of hydrogen-bond acceptors (Lipinski definition) is 5. The van der Waals surface area contributed by atoms with Gasteiger partial charge < -0.3 is 4.90 Å². The summed E-state index contributed by atoms with van der Waals surface area (Å²) >= 11 is 0. The molecule has 2 atom stereocenters. The fourth-order valence-electron chi connectivity index (χ4n) is 4.30. The monoisotopic (exact) mass is 334 g/mol. The summed E-state index contributed by atoms with van der Waals surface area (Å²) in [5.41, 5.74) is 2.23. The van der Waals surface area contributed by atoms with Gasteiger partial charge in [-0.05, 0) is 36.5 Å². The lowest BCUT2D eigenvalue weighted by atomic mass is 10.0. The van der Waals surface area contributed by atoms with E-state index in [0.29, 0.717) is 0 Å². The Kier molecular flexibility index (Phi) is 3.45. The smallest absolute Gasteiger partial charge is 0.178 e. The van der Waals surface area contributed by atoms with Crippen LogP contribution in [0.1, 0.15) is 11.4 Å². The van der Waals surface area contributed by atoms with Crippen LogP contribution in [0.2, 0.25) is 0 Å². The minimum Gasteiger partial charge on any atom is -0.355 e. The van der Waals surface area contributed by atoms with E-state index in [0.717, 1.165) is 48.8 Å². The van der Waals surface area contributed by atoms with Crippen LogP contribution in [0.15, 0.2) is 42.5 Å². The molecule has 0 N–H and O–H groups in total. The molecule has 5 rings (SSSR count). The lowest BCUT2D eigenvalue weighted by Gasteiger charge is -2.22. The first-order chi connectivity index (χ1) is 12.3. The van der Waals surface area contributed by atoms with Crippen molar-refractivity contribution in [3.63, 3.8) is 0 Å². The molecule has 1 aromatic carbocycles. The Hall–Kier alpha value is -2.47. The molecule has 2 aromatic heterocycles. The summed E-state index contributed by atoms with van der Waals surface area (Å²) in [5.74, 6) is 3.36. The van der Waals surface area contributed by atoms with E-state index in [1.165, 1.54) is 18.7 Å². The third-order valence-electron chi connectivity index (χ3n) is 5.54. The second-order valence-electron chi connectivity index (χ2n) is 7.31. The first-order valence-electron chi connectivity index (χ1n) is 8.96. The average molecular weight is 334 g/mol. The number of nitrogens with zero attached hydrogens (tertiary/aromatic N) is 6. The van der Waals surface area contributed by atoms with Gasteiger partial charge in [-0.15, -0.1) is 15.3 Å². The highest BCUT2D eigenvalue weighted by Gasteiger charge is 2.40. The zero-order chi connectivity index (χ0) is 16.8. The molecule has 25 heavy (non-hydrogen) atoms. The van der Waals surface area contributed by atoms with Crippen molar-refractivity contribution in [3.8, 4) is 0 Å². The van der Waals surface area contributed by atoms with Crippen molar-refractivity contribution in [2.24, 2.45) is 11.8 Å². The summed E-state index contributed by atoms with van der Waals surface area (Å²) in [6, 6.07) is 14.9. The highest BCUT2D eigenvalue weighted by molar-refractivity contribution is 5.46. The number of anilines is 1. The molecule has 2 unspecified atom stereocenters. The quantitative estimate of drug-likeness (QED) is 0.733. The Labute approximate surface area is 147 Å². The van der Waals surface area contributed by atoms with Gasteiger partial charge in [0, 0.05) is 32.7 Å². The van der Waals surface area contributed by atoms with Crippen molar-refractivity contribution in [1.29, 1.82) is 0 Å². The Morgan fingerprint density at radius 2 is 1.68 bits per heavy atom. The Balaban J connectivity index is 1.27. The molecule has 6 heteroatoms. The van der Waals surface area contributed by atoms with E-state index in [1.54, 1.807) is 0 Å². The fraction of sp³-hybridized carbons (Fsp3) is 0.421. The van der Waals surface area contributed by atoms with Crippen molar-refractivity contribution >= 4 is 11.5 Å². The van der Waals surface area contributed by atoms with Crippen molar-refractivity contribution < 1.29 is 0 Å². The number of hydrogen-bond donors (Lipinski definition) is 0. The van der Waals surface area contributed by atoms with E-state index >= 15 is 0 Å². The largest absolute Gasteiger partial charge is 0.355 e. The number of aromatic nitrogens is 4. The number of benzene rings is 1. The third kappa shape index (κ3) is 2.66. The maximum Gasteiger partial charge on any atom is 0.178 e. The lowest BCUT2D eigenvalue weighted by Crippen LogP contribution is -2.29. The predicted octanol–water partition coefficient (Wildman–Crippen LogP) is 2.00. The minimum absolute atomic E-state index is 0.739. The predicted molar refractivity (Wildman–Crippen MR) is 96.4 cm³/mol. The molecule has 3 aromatic rings. The molecular weight excluding hydrogens is 312 g/mol. The van der Waals surface area contributed by atoms with E-state index in [1.807, 2.05) is 17.5 Å². The Morgan fingerprint density at radius 1 is 0.920 bits per heavy atom. The van der Waals surface area contributed by atoms with E-state index < -0.39 is 0 Å². The lowest BCUT2D eigenvalue weighted by molar-refractivity contribution is 0.308. The molecule has 2 aliphatic heterocycles. The summed E-state index contributed by atoms with van der Waals surface area (Å²) in [7, 11) is 0. The molecule has 0 aliphatic carbocycles.